The Morgan fingerprint density at radius 2 is 1.90 bits per heavy atom. The number of nitrogens with one attached hydrogen (secondary N) is 1. The van der Waals surface area contributed by atoms with Crippen LogP contribution in [0.1, 0.15) is 60.6 Å². The van der Waals surface area contributed by atoms with Gasteiger partial charge < -0.3 is 14.8 Å². The summed E-state index contributed by atoms with van der Waals surface area (Å²) in [6.45, 7) is 1.15. The average Bonchev–Trinajstić information content (AvgIpc) is 3.23. The van der Waals surface area contributed by atoms with E-state index in [2.05, 4.69) is 11.4 Å². The zero-order valence-corrected chi connectivity index (χ0v) is 13.1. The van der Waals surface area contributed by atoms with E-state index < -0.39 is 0 Å². The summed E-state index contributed by atoms with van der Waals surface area (Å²) < 4.78 is 11.6. The fraction of sp³-hybridized carbons (Fsp3) is 0.667. The van der Waals surface area contributed by atoms with E-state index >= 15 is 0 Å². The van der Waals surface area contributed by atoms with E-state index in [9.17, 15) is 0 Å². The maximum atomic E-state index is 5.87. The highest BCUT2D eigenvalue weighted by molar-refractivity contribution is 5.60. The third kappa shape index (κ3) is 2.05. The van der Waals surface area contributed by atoms with Gasteiger partial charge in [0.1, 0.15) is 11.5 Å². The molecule has 0 radical (unpaired) electrons. The van der Waals surface area contributed by atoms with E-state index in [-0.39, 0.29) is 0 Å². The topological polar surface area (TPSA) is 30.5 Å². The number of benzene rings is 1. The van der Waals surface area contributed by atoms with Crippen molar-refractivity contribution in [3.8, 4) is 11.5 Å². The molecule has 1 aliphatic heterocycles. The van der Waals surface area contributed by atoms with Gasteiger partial charge in [-0.25, -0.2) is 0 Å². The van der Waals surface area contributed by atoms with Crippen LogP contribution in [0.2, 0.25) is 0 Å². The SMILES string of the molecule is COc1cc(CC2CCCN2)c(OC)c2c1C1CCC2C1. The normalized spacial score (nSPS) is 29.7. The molecule has 2 fully saturated rings. The number of ether oxygens (including phenoxy) is 2. The summed E-state index contributed by atoms with van der Waals surface area (Å²) >= 11 is 0. The fourth-order valence-electron chi connectivity index (χ4n) is 4.82. The largest absolute Gasteiger partial charge is 0.496 e. The Kier molecular flexibility index (Phi) is 3.33. The van der Waals surface area contributed by atoms with Crippen LogP contribution in [0, 0.1) is 0 Å². The Morgan fingerprint density at radius 3 is 2.57 bits per heavy atom. The number of rotatable bonds is 4. The smallest absolute Gasteiger partial charge is 0.126 e. The minimum absolute atomic E-state index is 0.597. The van der Waals surface area contributed by atoms with Crippen molar-refractivity contribution in [2.75, 3.05) is 20.8 Å². The predicted molar refractivity (Wildman–Crippen MR) is 83.6 cm³/mol. The standard InChI is InChI=1S/C18H25NO2/c1-20-15-10-13(9-14-4-3-7-19-14)18(21-2)17-12-6-5-11(8-12)16(15)17/h10-12,14,19H,3-9H2,1-2H3. The van der Waals surface area contributed by atoms with E-state index in [0.717, 1.165) is 24.5 Å². The van der Waals surface area contributed by atoms with Gasteiger partial charge in [-0.15, -0.1) is 0 Å². The molecule has 0 amide bonds. The first-order chi connectivity index (χ1) is 10.3. The van der Waals surface area contributed by atoms with Crippen molar-refractivity contribution in [1.82, 2.24) is 5.32 Å². The molecule has 21 heavy (non-hydrogen) atoms. The Morgan fingerprint density at radius 1 is 1.10 bits per heavy atom. The molecule has 1 aromatic rings. The zero-order chi connectivity index (χ0) is 14.4. The van der Waals surface area contributed by atoms with Crippen LogP contribution in [0.4, 0.5) is 0 Å². The first kappa shape index (κ1) is 13.4. The van der Waals surface area contributed by atoms with E-state index in [1.165, 1.54) is 48.8 Å². The Balaban J connectivity index is 1.78. The summed E-state index contributed by atoms with van der Waals surface area (Å²) in [5.74, 6) is 3.66. The molecule has 3 nitrogen and oxygen atoms in total. The van der Waals surface area contributed by atoms with Gasteiger partial charge >= 0.3 is 0 Å². The Hall–Kier alpha value is -1.22. The molecule has 0 spiro atoms. The predicted octanol–water partition coefficient (Wildman–Crippen LogP) is 3.36. The zero-order valence-electron chi connectivity index (χ0n) is 13.1. The molecular formula is C18H25NO2. The van der Waals surface area contributed by atoms with Crippen molar-refractivity contribution >= 4 is 0 Å². The van der Waals surface area contributed by atoms with E-state index in [1.54, 1.807) is 0 Å². The number of fused-ring (bicyclic) bond motifs is 5. The second-order valence-corrected chi connectivity index (χ2v) is 6.80. The minimum atomic E-state index is 0.597. The van der Waals surface area contributed by atoms with Crippen LogP contribution in [-0.4, -0.2) is 26.8 Å². The second-order valence-electron chi connectivity index (χ2n) is 6.80. The van der Waals surface area contributed by atoms with Crippen LogP contribution in [-0.2, 0) is 6.42 Å². The Bertz CT molecular complexity index is 549. The lowest BCUT2D eigenvalue weighted by molar-refractivity contribution is 0.384. The van der Waals surface area contributed by atoms with Crippen LogP contribution in [0.5, 0.6) is 11.5 Å². The summed E-state index contributed by atoms with van der Waals surface area (Å²) in [6.07, 6.45) is 7.56. The third-order valence-electron chi connectivity index (χ3n) is 5.70. The number of hydrogen-bond acceptors (Lipinski definition) is 3. The molecule has 3 atom stereocenters. The highest BCUT2D eigenvalue weighted by Gasteiger charge is 2.42. The second kappa shape index (κ2) is 5.20. The molecule has 1 aromatic carbocycles. The lowest BCUT2D eigenvalue weighted by Crippen LogP contribution is -2.24. The molecule has 1 heterocycles. The van der Waals surface area contributed by atoms with Crippen LogP contribution >= 0.6 is 0 Å². The van der Waals surface area contributed by atoms with Gasteiger partial charge in [-0.2, -0.15) is 0 Å². The summed E-state index contributed by atoms with van der Waals surface area (Å²) in [5, 5.41) is 3.60. The highest BCUT2D eigenvalue weighted by Crippen LogP contribution is 2.59. The lowest BCUT2D eigenvalue weighted by atomic mass is 9.87. The molecule has 4 rings (SSSR count). The van der Waals surface area contributed by atoms with Gasteiger partial charge in [0.05, 0.1) is 14.2 Å². The molecule has 3 aliphatic rings. The van der Waals surface area contributed by atoms with Crippen molar-refractivity contribution in [2.24, 2.45) is 0 Å². The molecule has 3 unspecified atom stereocenters. The molecule has 114 valence electrons. The summed E-state index contributed by atoms with van der Waals surface area (Å²) in [7, 11) is 3.64. The average molecular weight is 287 g/mol. The monoisotopic (exact) mass is 287 g/mol. The maximum absolute atomic E-state index is 5.87. The molecule has 2 bridgehead atoms. The molecule has 2 aliphatic carbocycles. The first-order valence-electron chi connectivity index (χ1n) is 8.32. The molecule has 3 heteroatoms. The van der Waals surface area contributed by atoms with Gasteiger partial charge in [0.25, 0.3) is 0 Å². The van der Waals surface area contributed by atoms with Crippen molar-refractivity contribution in [3.63, 3.8) is 0 Å². The maximum Gasteiger partial charge on any atom is 0.126 e. The van der Waals surface area contributed by atoms with Gasteiger partial charge in [0.15, 0.2) is 0 Å². The van der Waals surface area contributed by atoms with Gasteiger partial charge in [-0.3, -0.25) is 0 Å². The van der Waals surface area contributed by atoms with Crippen LogP contribution in [0.3, 0.4) is 0 Å². The van der Waals surface area contributed by atoms with Crippen molar-refractivity contribution in [3.05, 3.63) is 22.8 Å². The van der Waals surface area contributed by atoms with E-state index in [4.69, 9.17) is 9.47 Å². The van der Waals surface area contributed by atoms with E-state index in [1.807, 2.05) is 14.2 Å². The summed E-state index contributed by atoms with van der Waals surface area (Å²) in [4.78, 5) is 0. The van der Waals surface area contributed by atoms with Crippen molar-refractivity contribution in [1.29, 1.82) is 0 Å². The fourth-order valence-corrected chi connectivity index (χ4v) is 4.82. The molecule has 0 aromatic heterocycles. The minimum Gasteiger partial charge on any atom is -0.496 e. The summed E-state index contributed by atoms with van der Waals surface area (Å²) in [5.41, 5.74) is 4.26. The molecular weight excluding hydrogens is 262 g/mol. The van der Waals surface area contributed by atoms with Crippen LogP contribution < -0.4 is 14.8 Å². The van der Waals surface area contributed by atoms with E-state index in [0.29, 0.717) is 17.9 Å². The van der Waals surface area contributed by atoms with Crippen LogP contribution in [0.25, 0.3) is 0 Å². The van der Waals surface area contributed by atoms with Gasteiger partial charge in [-0.1, -0.05) is 0 Å². The molecule has 1 N–H and O–H groups in total. The molecule has 1 saturated heterocycles. The van der Waals surface area contributed by atoms with Gasteiger partial charge in [-0.05, 0) is 68.5 Å². The summed E-state index contributed by atoms with van der Waals surface area (Å²) in [6, 6.07) is 2.85. The Labute approximate surface area is 127 Å². The van der Waals surface area contributed by atoms with Crippen LogP contribution in [0.15, 0.2) is 6.07 Å². The van der Waals surface area contributed by atoms with Crippen molar-refractivity contribution < 1.29 is 9.47 Å². The van der Waals surface area contributed by atoms with Gasteiger partial charge in [0.2, 0.25) is 0 Å². The lowest BCUT2D eigenvalue weighted by Gasteiger charge is -2.24. The van der Waals surface area contributed by atoms with Crippen molar-refractivity contribution in [2.45, 2.75) is 56.4 Å². The quantitative estimate of drug-likeness (QED) is 0.921. The third-order valence-corrected chi connectivity index (χ3v) is 5.70. The molecule has 1 saturated carbocycles. The first-order valence-corrected chi connectivity index (χ1v) is 8.32. The van der Waals surface area contributed by atoms with Gasteiger partial charge in [0, 0.05) is 17.2 Å². The highest BCUT2D eigenvalue weighted by atomic mass is 16.5. The number of hydrogen-bond donors (Lipinski definition) is 1. The number of methoxy groups -OCH3 is 2.